The summed E-state index contributed by atoms with van der Waals surface area (Å²) in [7, 11) is 0. The van der Waals surface area contributed by atoms with Crippen molar-refractivity contribution in [3.8, 4) is 0 Å². The summed E-state index contributed by atoms with van der Waals surface area (Å²) in [6, 6.07) is 5.49. The predicted octanol–water partition coefficient (Wildman–Crippen LogP) is 3.96. The van der Waals surface area contributed by atoms with Gasteiger partial charge >= 0.3 is 0 Å². The van der Waals surface area contributed by atoms with Gasteiger partial charge in [-0.05, 0) is 30.5 Å². The number of hydrogen-bond donors (Lipinski definition) is 1. The minimum atomic E-state index is 0.367. The molecule has 0 amide bonds. The third-order valence-electron chi connectivity index (χ3n) is 2.83. The van der Waals surface area contributed by atoms with Gasteiger partial charge in [-0.15, -0.1) is 0 Å². The zero-order chi connectivity index (χ0) is 11.4. The lowest BCUT2D eigenvalue weighted by Crippen LogP contribution is -2.21. The van der Waals surface area contributed by atoms with E-state index >= 15 is 0 Å². The van der Waals surface area contributed by atoms with Crippen LogP contribution in [0.5, 0.6) is 0 Å². The molecule has 0 aromatic heterocycles. The second-order valence-corrected chi connectivity index (χ2v) is 4.92. The maximum absolute atomic E-state index is 6.04. The SMILES string of the molecule is Clc1ccc(CNOC2CCCC2)c(Cl)c1. The van der Waals surface area contributed by atoms with Crippen LogP contribution in [0.3, 0.4) is 0 Å². The van der Waals surface area contributed by atoms with E-state index < -0.39 is 0 Å². The van der Waals surface area contributed by atoms with E-state index in [-0.39, 0.29) is 0 Å². The van der Waals surface area contributed by atoms with E-state index in [1.165, 1.54) is 12.8 Å². The average molecular weight is 260 g/mol. The summed E-state index contributed by atoms with van der Waals surface area (Å²) in [5.41, 5.74) is 3.98. The highest BCUT2D eigenvalue weighted by atomic mass is 35.5. The van der Waals surface area contributed by atoms with Crippen LogP contribution in [-0.2, 0) is 11.4 Å². The molecule has 1 aliphatic rings. The van der Waals surface area contributed by atoms with Gasteiger partial charge in [-0.3, -0.25) is 4.84 Å². The van der Waals surface area contributed by atoms with Gasteiger partial charge in [0.15, 0.2) is 0 Å². The molecule has 0 bridgehead atoms. The van der Waals surface area contributed by atoms with E-state index in [0.29, 0.717) is 22.7 Å². The van der Waals surface area contributed by atoms with Gasteiger partial charge in [0.2, 0.25) is 0 Å². The van der Waals surface area contributed by atoms with Crippen LogP contribution >= 0.6 is 23.2 Å². The smallest absolute Gasteiger partial charge is 0.0790 e. The molecule has 2 nitrogen and oxygen atoms in total. The van der Waals surface area contributed by atoms with Gasteiger partial charge in [-0.1, -0.05) is 42.1 Å². The summed E-state index contributed by atoms with van der Waals surface area (Å²) in [6.07, 6.45) is 5.22. The molecule has 1 aliphatic carbocycles. The maximum Gasteiger partial charge on any atom is 0.0790 e. The lowest BCUT2D eigenvalue weighted by Gasteiger charge is -2.12. The molecule has 1 aromatic carbocycles. The molecule has 1 fully saturated rings. The van der Waals surface area contributed by atoms with Gasteiger partial charge in [0.1, 0.15) is 0 Å². The van der Waals surface area contributed by atoms with Gasteiger partial charge in [-0.25, -0.2) is 0 Å². The molecule has 0 heterocycles. The highest BCUT2D eigenvalue weighted by Gasteiger charge is 2.15. The van der Waals surface area contributed by atoms with Crippen molar-refractivity contribution in [2.75, 3.05) is 0 Å². The Morgan fingerprint density at radius 3 is 2.69 bits per heavy atom. The standard InChI is InChI=1S/C12H15Cl2NO/c13-10-6-5-9(12(14)7-10)8-15-16-11-3-1-2-4-11/h5-7,11,15H,1-4,8H2. The molecule has 1 N–H and O–H groups in total. The van der Waals surface area contributed by atoms with Gasteiger partial charge in [0, 0.05) is 16.6 Å². The molecule has 1 saturated carbocycles. The molecule has 1 aromatic rings. The summed E-state index contributed by atoms with van der Waals surface area (Å²) >= 11 is 11.9. The Morgan fingerprint density at radius 2 is 2.00 bits per heavy atom. The minimum absolute atomic E-state index is 0.367. The molecule has 0 aliphatic heterocycles. The fraction of sp³-hybridized carbons (Fsp3) is 0.500. The van der Waals surface area contributed by atoms with Crippen LogP contribution in [0.2, 0.25) is 10.0 Å². The van der Waals surface area contributed by atoms with Crippen molar-refractivity contribution in [1.82, 2.24) is 5.48 Å². The molecule has 0 spiro atoms. The number of benzene rings is 1. The number of hydrogen-bond acceptors (Lipinski definition) is 2. The van der Waals surface area contributed by atoms with E-state index in [0.717, 1.165) is 18.4 Å². The molecule has 4 heteroatoms. The zero-order valence-corrected chi connectivity index (χ0v) is 10.5. The van der Waals surface area contributed by atoms with Crippen LogP contribution in [-0.4, -0.2) is 6.10 Å². The highest BCUT2D eigenvalue weighted by molar-refractivity contribution is 6.35. The van der Waals surface area contributed by atoms with Gasteiger partial charge in [-0.2, -0.15) is 5.48 Å². The van der Waals surface area contributed by atoms with Crippen molar-refractivity contribution < 1.29 is 4.84 Å². The van der Waals surface area contributed by atoms with Crippen molar-refractivity contribution in [2.45, 2.75) is 38.3 Å². The molecule has 88 valence electrons. The van der Waals surface area contributed by atoms with Crippen LogP contribution in [0, 0.1) is 0 Å². The zero-order valence-electron chi connectivity index (χ0n) is 9.01. The fourth-order valence-corrected chi connectivity index (χ4v) is 2.38. The van der Waals surface area contributed by atoms with Crippen LogP contribution < -0.4 is 5.48 Å². The second kappa shape index (κ2) is 5.87. The summed E-state index contributed by atoms with van der Waals surface area (Å²) in [4.78, 5) is 5.55. The lowest BCUT2D eigenvalue weighted by molar-refractivity contribution is -0.0244. The van der Waals surface area contributed by atoms with Crippen molar-refractivity contribution in [3.63, 3.8) is 0 Å². The average Bonchev–Trinajstić information content (AvgIpc) is 2.74. The predicted molar refractivity (Wildman–Crippen MR) is 66.6 cm³/mol. The number of nitrogens with one attached hydrogen (secondary N) is 1. The highest BCUT2D eigenvalue weighted by Crippen LogP contribution is 2.22. The number of halogens is 2. The largest absolute Gasteiger partial charge is 0.298 e. The van der Waals surface area contributed by atoms with Crippen LogP contribution in [0.25, 0.3) is 0 Å². The topological polar surface area (TPSA) is 21.3 Å². The first-order valence-electron chi connectivity index (χ1n) is 5.58. The number of hydroxylamine groups is 1. The Balaban J connectivity index is 1.80. The summed E-state index contributed by atoms with van der Waals surface area (Å²) in [6.45, 7) is 0.618. The Kier molecular flexibility index (Phi) is 4.47. The normalized spacial score (nSPS) is 16.9. The van der Waals surface area contributed by atoms with Crippen molar-refractivity contribution >= 4 is 23.2 Å². The van der Waals surface area contributed by atoms with E-state index in [4.69, 9.17) is 28.0 Å². The monoisotopic (exact) mass is 259 g/mol. The molecule has 16 heavy (non-hydrogen) atoms. The Labute approximate surface area is 106 Å². The van der Waals surface area contributed by atoms with Gasteiger partial charge < -0.3 is 0 Å². The molecule has 0 unspecified atom stereocenters. The Morgan fingerprint density at radius 1 is 1.25 bits per heavy atom. The molecule has 0 atom stereocenters. The quantitative estimate of drug-likeness (QED) is 0.827. The summed E-state index contributed by atoms with van der Waals surface area (Å²) < 4.78 is 0. The second-order valence-electron chi connectivity index (χ2n) is 4.08. The van der Waals surface area contributed by atoms with Gasteiger partial charge in [0.25, 0.3) is 0 Å². The van der Waals surface area contributed by atoms with E-state index in [2.05, 4.69) is 5.48 Å². The van der Waals surface area contributed by atoms with Crippen LogP contribution in [0.4, 0.5) is 0 Å². The van der Waals surface area contributed by atoms with Crippen LogP contribution in [0.1, 0.15) is 31.2 Å². The summed E-state index contributed by atoms with van der Waals surface area (Å²) in [5, 5.41) is 1.33. The van der Waals surface area contributed by atoms with Crippen molar-refractivity contribution in [3.05, 3.63) is 33.8 Å². The summed E-state index contributed by atoms with van der Waals surface area (Å²) in [5.74, 6) is 0. The minimum Gasteiger partial charge on any atom is -0.298 e. The van der Waals surface area contributed by atoms with E-state index in [1.54, 1.807) is 6.07 Å². The Hall–Kier alpha value is -0.280. The first-order chi connectivity index (χ1) is 7.75. The Bertz CT molecular complexity index is 351. The molecule has 2 rings (SSSR count). The molecule has 0 radical (unpaired) electrons. The lowest BCUT2D eigenvalue weighted by atomic mass is 10.2. The van der Waals surface area contributed by atoms with Crippen molar-refractivity contribution in [2.24, 2.45) is 0 Å². The molecular formula is C12H15Cl2NO. The van der Waals surface area contributed by atoms with Crippen molar-refractivity contribution in [1.29, 1.82) is 0 Å². The van der Waals surface area contributed by atoms with E-state index in [1.807, 2.05) is 12.1 Å². The molecular weight excluding hydrogens is 245 g/mol. The van der Waals surface area contributed by atoms with E-state index in [9.17, 15) is 0 Å². The van der Waals surface area contributed by atoms with Gasteiger partial charge in [0.05, 0.1) is 6.10 Å². The first kappa shape index (κ1) is 12.2. The third-order valence-corrected chi connectivity index (χ3v) is 3.42. The maximum atomic E-state index is 6.04. The molecule has 0 saturated heterocycles. The third kappa shape index (κ3) is 3.36. The first-order valence-corrected chi connectivity index (χ1v) is 6.34. The fourth-order valence-electron chi connectivity index (χ4n) is 1.91. The number of rotatable bonds is 4. The van der Waals surface area contributed by atoms with Crippen LogP contribution in [0.15, 0.2) is 18.2 Å².